The highest BCUT2D eigenvalue weighted by atomic mass is 19.1. The summed E-state index contributed by atoms with van der Waals surface area (Å²) in [6.07, 6.45) is 3.79. The van der Waals surface area contributed by atoms with E-state index in [1.165, 1.54) is 24.5 Å². The van der Waals surface area contributed by atoms with Gasteiger partial charge in [0, 0.05) is 6.54 Å². The number of halogens is 1. The van der Waals surface area contributed by atoms with Crippen molar-refractivity contribution in [3.8, 4) is 0 Å². The molecule has 0 atom stereocenters. The first-order valence-electron chi connectivity index (χ1n) is 5.30. The Kier molecular flexibility index (Phi) is 3.49. The molecule has 4 nitrogen and oxygen atoms in total. The molecule has 0 bridgehead atoms. The maximum Gasteiger partial charge on any atom is 0.222 e. The standard InChI is InChI=1S/C12H13FN4/c13-10-3-1-2-9(6-10)4-5-15-12-16-7-11(14)8-17-12/h1-3,6-8H,4-5,14H2,(H,15,16,17). The maximum absolute atomic E-state index is 12.9. The van der Waals surface area contributed by atoms with E-state index in [0.29, 0.717) is 24.6 Å². The molecule has 3 N–H and O–H groups in total. The summed E-state index contributed by atoms with van der Waals surface area (Å²) < 4.78 is 12.9. The average molecular weight is 232 g/mol. The van der Waals surface area contributed by atoms with Crippen LogP contribution < -0.4 is 11.1 Å². The fourth-order valence-electron chi connectivity index (χ4n) is 1.44. The lowest BCUT2D eigenvalue weighted by atomic mass is 10.1. The molecular formula is C12H13FN4. The van der Waals surface area contributed by atoms with Gasteiger partial charge >= 0.3 is 0 Å². The predicted molar refractivity (Wildman–Crippen MR) is 65.0 cm³/mol. The molecule has 0 aliphatic carbocycles. The fourth-order valence-corrected chi connectivity index (χ4v) is 1.44. The Morgan fingerprint density at radius 2 is 2.00 bits per heavy atom. The van der Waals surface area contributed by atoms with Crippen LogP contribution in [0.25, 0.3) is 0 Å². The molecule has 0 aliphatic heterocycles. The molecule has 0 amide bonds. The van der Waals surface area contributed by atoms with Gasteiger partial charge in [0.2, 0.25) is 5.95 Å². The van der Waals surface area contributed by atoms with E-state index in [2.05, 4.69) is 15.3 Å². The number of anilines is 2. The van der Waals surface area contributed by atoms with E-state index in [1.807, 2.05) is 6.07 Å². The molecule has 0 saturated carbocycles. The molecule has 1 heterocycles. The molecule has 0 unspecified atom stereocenters. The Morgan fingerprint density at radius 3 is 2.71 bits per heavy atom. The number of benzene rings is 1. The lowest BCUT2D eigenvalue weighted by molar-refractivity contribution is 0.625. The summed E-state index contributed by atoms with van der Waals surface area (Å²) in [7, 11) is 0. The van der Waals surface area contributed by atoms with E-state index >= 15 is 0 Å². The summed E-state index contributed by atoms with van der Waals surface area (Å²) in [5.74, 6) is 0.307. The molecule has 1 aromatic heterocycles. The van der Waals surface area contributed by atoms with Crippen LogP contribution >= 0.6 is 0 Å². The number of nitrogens with zero attached hydrogens (tertiary/aromatic N) is 2. The first kappa shape index (κ1) is 11.3. The maximum atomic E-state index is 12.9. The molecule has 1 aromatic carbocycles. The van der Waals surface area contributed by atoms with E-state index in [9.17, 15) is 4.39 Å². The molecule has 0 saturated heterocycles. The van der Waals surface area contributed by atoms with Crippen molar-refractivity contribution in [2.45, 2.75) is 6.42 Å². The quantitative estimate of drug-likeness (QED) is 0.844. The van der Waals surface area contributed by atoms with E-state index < -0.39 is 0 Å². The summed E-state index contributed by atoms with van der Waals surface area (Å²) in [4.78, 5) is 8.01. The van der Waals surface area contributed by atoms with Gasteiger partial charge in [-0.3, -0.25) is 0 Å². The predicted octanol–water partition coefficient (Wildman–Crippen LogP) is 1.85. The van der Waals surface area contributed by atoms with Gasteiger partial charge in [-0.15, -0.1) is 0 Å². The van der Waals surface area contributed by atoms with Crippen LogP contribution in [0, 0.1) is 5.82 Å². The third-order valence-corrected chi connectivity index (χ3v) is 2.26. The number of nitrogen functional groups attached to an aromatic ring is 1. The van der Waals surface area contributed by atoms with Crippen LogP contribution in [0.5, 0.6) is 0 Å². The molecule has 0 fully saturated rings. The SMILES string of the molecule is Nc1cnc(NCCc2cccc(F)c2)nc1. The molecule has 5 heteroatoms. The third kappa shape index (κ3) is 3.41. The van der Waals surface area contributed by atoms with Crippen molar-refractivity contribution in [1.82, 2.24) is 9.97 Å². The molecule has 0 radical (unpaired) electrons. The third-order valence-electron chi connectivity index (χ3n) is 2.26. The number of nitrogens with two attached hydrogens (primary N) is 1. The number of hydrogen-bond acceptors (Lipinski definition) is 4. The second-order valence-electron chi connectivity index (χ2n) is 3.65. The van der Waals surface area contributed by atoms with Gasteiger partial charge in [-0.2, -0.15) is 0 Å². The zero-order valence-corrected chi connectivity index (χ0v) is 9.23. The van der Waals surface area contributed by atoms with E-state index in [1.54, 1.807) is 6.07 Å². The van der Waals surface area contributed by atoms with Crippen molar-refractivity contribution in [2.75, 3.05) is 17.6 Å². The molecule has 88 valence electrons. The van der Waals surface area contributed by atoms with Crippen LogP contribution in [0.1, 0.15) is 5.56 Å². The van der Waals surface area contributed by atoms with Gasteiger partial charge in [-0.05, 0) is 24.1 Å². The van der Waals surface area contributed by atoms with E-state index in [-0.39, 0.29) is 5.82 Å². The van der Waals surface area contributed by atoms with E-state index in [4.69, 9.17) is 5.73 Å². The van der Waals surface area contributed by atoms with Crippen LogP contribution in [-0.4, -0.2) is 16.5 Å². The first-order chi connectivity index (χ1) is 8.24. The fraction of sp³-hybridized carbons (Fsp3) is 0.167. The van der Waals surface area contributed by atoms with Crippen molar-refractivity contribution >= 4 is 11.6 Å². The minimum absolute atomic E-state index is 0.216. The summed E-state index contributed by atoms with van der Waals surface area (Å²) in [6, 6.07) is 6.53. The van der Waals surface area contributed by atoms with Gasteiger partial charge in [-0.25, -0.2) is 14.4 Å². The number of nitrogens with one attached hydrogen (secondary N) is 1. The monoisotopic (exact) mass is 232 g/mol. The minimum atomic E-state index is -0.216. The van der Waals surface area contributed by atoms with Crippen molar-refractivity contribution < 1.29 is 4.39 Å². The topological polar surface area (TPSA) is 63.8 Å². The normalized spacial score (nSPS) is 10.2. The number of aromatic nitrogens is 2. The molecular weight excluding hydrogens is 219 g/mol. The van der Waals surface area contributed by atoms with Crippen molar-refractivity contribution in [1.29, 1.82) is 0 Å². The minimum Gasteiger partial charge on any atom is -0.396 e. The lowest BCUT2D eigenvalue weighted by Gasteiger charge is -2.04. The van der Waals surface area contributed by atoms with Gasteiger partial charge in [0.15, 0.2) is 0 Å². The highest BCUT2D eigenvalue weighted by Gasteiger charge is 1.97. The number of hydrogen-bond donors (Lipinski definition) is 2. The van der Waals surface area contributed by atoms with Crippen molar-refractivity contribution in [2.24, 2.45) is 0 Å². The second kappa shape index (κ2) is 5.25. The lowest BCUT2D eigenvalue weighted by Crippen LogP contribution is -2.08. The zero-order valence-electron chi connectivity index (χ0n) is 9.23. The Labute approximate surface area is 98.7 Å². The average Bonchev–Trinajstić information content (AvgIpc) is 2.32. The Bertz CT molecular complexity index is 484. The summed E-state index contributed by atoms with van der Waals surface area (Å²) in [5.41, 5.74) is 6.93. The highest BCUT2D eigenvalue weighted by Crippen LogP contribution is 2.05. The summed E-state index contributed by atoms with van der Waals surface area (Å²) in [5, 5.41) is 3.04. The van der Waals surface area contributed by atoms with E-state index in [0.717, 1.165) is 5.56 Å². The molecule has 0 spiro atoms. The number of rotatable bonds is 4. The van der Waals surface area contributed by atoms with Crippen LogP contribution in [0.3, 0.4) is 0 Å². The van der Waals surface area contributed by atoms with Gasteiger partial charge in [0.25, 0.3) is 0 Å². The van der Waals surface area contributed by atoms with Crippen LogP contribution in [0.2, 0.25) is 0 Å². The van der Waals surface area contributed by atoms with Crippen LogP contribution in [0.4, 0.5) is 16.0 Å². The highest BCUT2D eigenvalue weighted by molar-refractivity contribution is 5.35. The van der Waals surface area contributed by atoms with Gasteiger partial charge in [-0.1, -0.05) is 12.1 Å². The van der Waals surface area contributed by atoms with Crippen LogP contribution in [-0.2, 0) is 6.42 Å². The molecule has 0 aliphatic rings. The smallest absolute Gasteiger partial charge is 0.222 e. The second-order valence-corrected chi connectivity index (χ2v) is 3.65. The Morgan fingerprint density at radius 1 is 1.24 bits per heavy atom. The van der Waals surface area contributed by atoms with Crippen molar-refractivity contribution in [3.05, 3.63) is 48.0 Å². The first-order valence-corrected chi connectivity index (χ1v) is 5.30. The zero-order chi connectivity index (χ0) is 12.1. The molecule has 2 aromatic rings. The van der Waals surface area contributed by atoms with Gasteiger partial charge < -0.3 is 11.1 Å². The largest absolute Gasteiger partial charge is 0.396 e. The van der Waals surface area contributed by atoms with Crippen molar-refractivity contribution in [3.63, 3.8) is 0 Å². The van der Waals surface area contributed by atoms with Gasteiger partial charge in [0.05, 0.1) is 18.1 Å². The summed E-state index contributed by atoms with van der Waals surface area (Å²) >= 11 is 0. The van der Waals surface area contributed by atoms with Crippen LogP contribution in [0.15, 0.2) is 36.7 Å². The Balaban J connectivity index is 1.85. The Hall–Kier alpha value is -2.17. The molecule has 2 rings (SSSR count). The summed E-state index contributed by atoms with van der Waals surface area (Å²) in [6.45, 7) is 0.646. The molecule has 17 heavy (non-hydrogen) atoms. The van der Waals surface area contributed by atoms with Gasteiger partial charge in [0.1, 0.15) is 5.82 Å².